The lowest BCUT2D eigenvalue weighted by Crippen LogP contribution is -2.13. The van der Waals surface area contributed by atoms with Crippen LogP contribution in [-0.2, 0) is 0 Å². The zero-order valence-electron chi connectivity index (χ0n) is 14.1. The highest BCUT2D eigenvalue weighted by Crippen LogP contribution is 2.18. The van der Waals surface area contributed by atoms with Gasteiger partial charge in [0.05, 0.1) is 12.2 Å². The van der Waals surface area contributed by atoms with Crippen LogP contribution >= 0.6 is 11.6 Å². The van der Waals surface area contributed by atoms with Gasteiger partial charge in [0, 0.05) is 28.8 Å². The summed E-state index contributed by atoms with van der Waals surface area (Å²) < 4.78 is 5.37. The molecular formula is C19H17ClN4O2. The van der Waals surface area contributed by atoms with Crippen molar-refractivity contribution in [3.63, 3.8) is 0 Å². The van der Waals surface area contributed by atoms with Crippen molar-refractivity contribution in [2.24, 2.45) is 0 Å². The molecule has 26 heavy (non-hydrogen) atoms. The molecule has 0 aliphatic carbocycles. The van der Waals surface area contributed by atoms with Crippen molar-refractivity contribution in [2.45, 2.75) is 6.92 Å². The van der Waals surface area contributed by atoms with Gasteiger partial charge in [-0.25, -0.2) is 9.97 Å². The molecule has 0 fully saturated rings. The maximum Gasteiger partial charge on any atom is 0.258 e. The Hall–Kier alpha value is -3.12. The molecule has 0 radical (unpaired) electrons. The van der Waals surface area contributed by atoms with Gasteiger partial charge in [-0.15, -0.1) is 0 Å². The summed E-state index contributed by atoms with van der Waals surface area (Å²) in [6.07, 6.45) is 2.92. The fourth-order valence-electron chi connectivity index (χ4n) is 2.21. The Kier molecular flexibility index (Phi) is 5.66. The molecule has 2 N–H and O–H groups in total. The van der Waals surface area contributed by atoms with Gasteiger partial charge in [-0.1, -0.05) is 17.7 Å². The predicted molar refractivity (Wildman–Crippen MR) is 102 cm³/mol. The molecule has 0 unspecified atom stereocenters. The normalized spacial score (nSPS) is 10.2. The molecule has 0 aliphatic heterocycles. The van der Waals surface area contributed by atoms with Gasteiger partial charge in [0.25, 0.3) is 5.91 Å². The standard InChI is InChI=1S/C19H17ClN4O2/c1-2-26-17-8-6-15(7-9-17)23-18(25)13-11-21-19(22-12-13)24-16-5-3-4-14(20)10-16/h3-12H,2H2,1H3,(H,23,25)(H,21,22,24). The highest BCUT2D eigenvalue weighted by Gasteiger charge is 2.08. The lowest BCUT2D eigenvalue weighted by molar-refractivity contribution is 0.102. The van der Waals surface area contributed by atoms with Gasteiger partial charge in [-0.2, -0.15) is 0 Å². The summed E-state index contributed by atoms with van der Waals surface area (Å²) in [6.45, 7) is 2.51. The zero-order chi connectivity index (χ0) is 18.4. The van der Waals surface area contributed by atoms with Crippen molar-refractivity contribution in [3.05, 3.63) is 71.5 Å². The van der Waals surface area contributed by atoms with E-state index in [4.69, 9.17) is 16.3 Å². The first-order valence-corrected chi connectivity index (χ1v) is 8.40. The number of nitrogens with one attached hydrogen (secondary N) is 2. The summed E-state index contributed by atoms with van der Waals surface area (Å²) >= 11 is 5.94. The lowest BCUT2D eigenvalue weighted by atomic mass is 10.2. The number of hydrogen-bond donors (Lipinski definition) is 2. The van der Waals surface area contributed by atoms with Crippen LogP contribution in [-0.4, -0.2) is 22.5 Å². The molecule has 3 aromatic rings. The van der Waals surface area contributed by atoms with E-state index in [1.165, 1.54) is 12.4 Å². The van der Waals surface area contributed by atoms with Gasteiger partial charge in [0.15, 0.2) is 0 Å². The zero-order valence-corrected chi connectivity index (χ0v) is 14.8. The second-order valence-corrected chi connectivity index (χ2v) is 5.78. The molecular weight excluding hydrogens is 352 g/mol. The Balaban J connectivity index is 1.63. The highest BCUT2D eigenvalue weighted by atomic mass is 35.5. The maximum absolute atomic E-state index is 12.3. The van der Waals surface area contributed by atoms with Crippen LogP contribution in [0, 0.1) is 0 Å². The molecule has 2 aromatic carbocycles. The van der Waals surface area contributed by atoms with Crippen molar-refractivity contribution in [1.29, 1.82) is 0 Å². The number of ether oxygens (including phenoxy) is 1. The maximum atomic E-state index is 12.3. The fourth-order valence-corrected chi connectivity index (χ4v) is 2.40. The van der Waals surface area contributed by atoms with Crippen LogP contribution in [0.15, 0.2) is 60.9 Å². The number of carbonyl (C=O) groups excluding carboxylic acids is 1. The third kappa shape index (κ3) is 4.70. The van der Waals surface area contributed by atoms with Crippen molar-refractivity contribution in [1.82, 2.24) is 9.97 Å². The van der Waals surface area contributed by atoms with Crippen LogP contribution < -0.4 is 15.4 Å². The fraction of sp³-hybridized carbons (Fsp3) is 0.105. The van der Waals surface area contributed by atoms with E-state index in [0.29, 0.717) is 28.8 Å². The van der Waals surface area contributed by atoms with E-state index in [9.17, 15) is 4.79 Å². The summed E-state index contributed by atoms with van der Waals surface area (Å²) in [6, 6.07) is 14.4. The number of anilines is 3. The third-order valence-corrected chi connectivity index (χ3v) is 3.65. The molecule has 6 nitrogen and oxygen atoms in total. The Morgan fingerprint density at radius 1 is 1.08 bits per heavy atom. The number of benzene rings is 2. The molecule has 0 bridgehead atoms. The first-order valence-electron chi connectivity index (χ1n) is 8.03. The Bertz CT molecular complexity index is 883. The summed E-state index contributed by atoms with van der Waals surface area (Å²) in [7, 11) is 0. The van der Waals surface area contributed by atoms with Crippen LogP contribution in [0.4, 0.5) is 17.3 Å². The molecule has 0 aliphatic rings. The molecule has 0 saturated carbocycles. The molecule has 7 heteroatoms. The first kappa shape index (κ1) is 17.7. The topological polar surface area (TPSA) is 76.1 Å². The van der Waals surface area contributed by atoms with E-state index < -0.39 is 0 Å². The van der Waals surface area contributed by atoms with E-state index >= 15 is 0 Å². The van der Waals surface area contributed by atoms with E-state index in [1.807, 2.05) is 19.1 Å². The number of amides is 1. The molecule has 0 saturated heterocycles. The number of aromatic nitrogens is 2. The Morgan fingerprint density at radius 3 is 2.46 bits per heavy atom. The van der Waals surface area contributed by atoms with Crippen LogP contribution in [0.1, 0.15) is 17.3 Å². The quantitative estimate of drug-likeness (QED) is 0.668. The molecule has 0 spiro atoms. The molecule has 132 valence electrons. The molecule has 1 heterocycles. The number of nitrogens with zero attached hydrogens (tertiary/aromatic N) is 2. The summed E-state index contributed by atoms with van der Waals surface area (Å²) in [5, 5.41) is 6.43. The molecule has 0 atom stereocenters. The minimum Gasteiger partial charge on any atom is -0.494 e. The number of hydrogen-bond acceptors (Lipinski definition) is 5. The average molecular weight is 369 g/mol. The van der Waals surface area contributed by atoms with Gasteiger partial charge >= 0.3 is 0 Å². The van der Waals surface area contributed by atoms with Crippen molar-refractivity contribution >= 4 is 34.8 Å². The molecule has 3 rings (SSSR count). The second kappa shape index (κ2) is 8.31. The third-order valence-electron chi connectivity index (χ3n) is 3.42. The van der Waals surface area contributed by atoms with Crippen molar-refractivity contribution < 1.29 is 9.53 Å². The van der Waals surface area contributed by atoms with Crippen molar-refractivity contribution in [2.75, 3.05) is 17.2 Å². The van der Waals surface area contributed by atoms with Gasteiger partial charge in [-0.3, -0.25) is 4.79 Å². The van der Waals surface area contributed by atoms with Crippen LogP contribution in [0.3, 0.4) is 0 Å². The lowest BCUT2D eigenvalue weighted by Gasteiger charge is -2.08. The van der Waals surface area contributed by atoms with Gasteiger partial charge in [-0.05, 0) is 49.4 Å². The van der Waals surface area contributed by atoms with Crippen LogP contribution in [0.2, 0.25) is 5.02 Å². The smallest absolute Gasteiger partial charge is 0.258 e. The minimum atomic E-state index is -0.288. The summed E-state index contributed by atoms with van der Waals surface area (Å²) in [5.41, 5.74) is 1.79. The second-order valence-electron chi connectivity index (χ2n) is 5.34. The monoisotopic (exact) mass is 368 g/mol. The number of halogens is 1. The minimum absolute atomic E-state index is 0.288. The van der Waals surface area contributed by atoms with Gasteiger partial charge in [0.1, 0.15) is 5.75 Å². The van der Waals surface area contributed by atoms with Gasteiger partial charge in [0.2, 0.25) is 5.95 Å². The van der Waals surface area contributed by atoms with E-state index in [-0.39, 0.29) is 5.91 Å². The first-order chi connectivity index (χ1) is 12.6. The predicted octanol–water partition coefficient (Wildman–Crippen LogP) is 4.52. The van der Waals surface area contributed by atoms with Crippen LogP contribution in [0.25, 0.3) is 0 Å². The highest BCUT2D eigenvalue weighted by molar-refractivity contribution is 6.30. The average Bonchev–Trinajstić information content (AvgIpc) is 2.64. The Labute approximate surface area is 156 Å². The van der Waals surface area contributed by atoms with Gasteiger partial charge < -0.3 is 15.4 Å². The van der Waals surface area contributed by atoms with E-state index in [0.717, 1.165) is 11.4 Å². The van der Waals surface area contributed by atoms with E-state index in [2.05, 4.69) is 20.6 Å². The summed E-state index contributed by atoms with van der Waals surface area (Å²) in [4.78, 5) is 20.6. The van der Waals surface area contributed by atoms with Crippen LogP contribution in [0.5, 0.6) is 5.75 Å². The summed E-state index contributed by atoms with van der Waals surface area (Å²) in [5.74, 6) is 0.846. The van der Waals surface area contributed by atoms with E-state index in [1.54, 1.807) is 36.4 Å². The molecule has 1 aromatic heterocycles. The SMILES string of the molecule is CCOc1ccc(NC(=O)c2cnc(Nc3cccc(Cl)c3)nc2)cc1. The number of carbonyl (C=O) groups is 1. The van der Waals surface area contributed by atoms with Crippen molar-refractivity contribution in [3.8, 4) is 5.75 Å². The largest absolute Gasteiger partial charge is 0.494 e. The molecule has 1 amide bonds. The Morgan fingerprint density at radius 2 is 1.81 bits per heavy atom. The number of rotatable bonds is 6.